The molecule has 27 heavy (non-hydrogen) atoms. The number of rotatable bonds is 8. The third kappa shape index (κ3) is 6.06. The molecule has 0 heterocycles. The van der Waals surface area contributed by atoms with Crippen molar-refractivity contribution in [1.29, 1.82) is 0 Å². The highest BCUT2D eigenvalue weighted by Crippen LogP contribution is 2.23. The van der Waals surface area contributed by atoms with Gasteiger partial charge in [0.25, 0.3) is 5.91 Å². The molecule has 0 spiro atoms. The van der Waals surface area contributed by atoms with Crippen molar-refractivity contribution in [2.45, 2.75) is 38.4 Å². The number of ether oxygens (including phenoxy) is 2. The Balaban J connectivity index is 2.18. The number of anilines is 1. The lowest BCUT2D eigenvalue weighted by atomic mass is 10.1. The van der Waals surface area contributed by atoms with Crippen LogP contribution < -0.4 is 15.2 Å². The number of benzene rings is 2. The van der Waals surface area contributed by atoms with Gasteiger partial charge in [-0.25, -0.2) is 13.6 Å². The van der Waals surface area contributed by atoms with Crippen LogP contribution >= 0.6 is 0 Å². The number of nitrogens with two attached hydrogens (primary N) is 1. The Hall–Kier alpha value is -2.42. The van der Waals surface area contributed by atoms with Crippen LogP contribution in [0.3, 0.4) is 0 Å². The summed E-state index contributed by atoms with van der Waals surface area (Å²) in [6, 6.07) is 10.8. The zero-order chi connectivity index (χ0) is 20.0. The van der Waals surface area contributed by atoms with E-state index in [1.54, 1.807) is 18.2 Å². The number of hydrogen-bond acceptors (Lipinski definition) is 5. The predicted octanol–water partition coefficient (Wildman–Crippen LogP) is 2.91. The largest absolute Gasteiger partial charge is 0.494 e. The van der Waals surface area contributed by atoms with Gasteiger partial charge in [0.2, 0.25) is 10.0 Å². The third-order valence-electron chi connectivity index (χ3n) is 3.64. The van der Waals surface area contributed by atoms with Crippen molar-refractivity contribution in [2.24, 2.45) is 5.14 Å². The molecule has 146 valence electrons. The van der Waals surface area contributed by atoms with Gasteiger partial charge in [-0.3, -0.25) is 4.79 Å². The van der Waals surface area contributed by atoms with Crippen LogP contribution in [0.2, 0.25) is 0 Å². The summed E-state index contributed by atoms with van der Waals surface area (Å²) in [7, 11) is -3.77. The molecule has 0 aliphatic carbocycles. The van der Waals surface area contributed by atoms with E-state index in [2.05, 4.69) is 5.32 Å². The van der Waals surface area contributed by atoms with Crippen molar-refractivity contribution >= 4 is 21.6 Å². The number of nitrogens with one attached hydrogen (secondary N) is 1. The van der Waals surface area contributed by atoms with Crippen molar-refractivity contribution in [3.63, 3.8) is 0 Å². The molecule has 8 heteroatoms. The van der Waals surface area contributed by atoms with Crippen LogP contribution in [0.5, 0.6) is 5.75 Å². The second-order valence-corrected chi connectivity index (χ2v) is 7.70. The Bertz CT molecular complexity index is 893. The zero-order valence-electron chi connectivity index (χ0n) is 15.6. The van der Waals surface area contributed by atoms with Gasteiger partial charge in [-0.2, -0.15) is 0 Å². The van der Waals surface area contributed by atoms with Crippen molar-refractivity contribution < 1.29 is 22.7 Å². The smallest absolute Gasteiger partial charge is 0.255 e. The highest BCUT2D eigenvalue weighted by Gasteiger charge is 2.13. The molecule has 7 nitrogen and oxygen atoms in total. The molecule has 2 aromatic rings. The van der Waals surface area contributed by atoms with Crippen molar-refractivity contribution in [1.82, 2.24) is 0 Å². The first kappa shape index (κ1) is 20.9. The maximum atomic E-state index is 12.5. The first-order valence-corrected chi connectivity index (χ1v) is 10.1. The van der Waals surface area contributed by atoms with Crippen LogP contribution in [0, 0.1) is 0 Å². The standard InChI is InChI=1S/C19H24N2O5S/c1-4-25-18-10-5-14(11-15(18)12-26-13(2)3)19(22)21-16-6-8-17(9-7-16)27(20,23)24/h5-11,13H,4,12H2,1-3H3,(H,21,22)(H2,20,23,24). The Kier molecular flexibility index (Phi) is 6.95. The summed E-state index contributed by atoms with van der Waals surface area (Å²) in [4.78, 5) is 12.5. The molecule has 0 aliphatic rings. The molecule has 0 aromatic heterocycles. The van der Waals surface area contributed by atoms with Gasteiger partial charge < -0.3 is 14.8 Å². The van der Waals surface area contributed by atoms with Crippen molar-refractivity contribution in [2.75, 3.05) is 11.9 Å². The highest BCUT2D eigenvalue weighted by molar-refractivity contribution is 7.89. The molecule has 0 atom stereocenters. The fourth-order valence-electron chi connectivity index (χ4n) is 2.32. The van der Waals surface area contributed by atoms with E-state index in [1.807, 2.05) is 20.8 Å². The molecule has 2 aromatic carbocycles. The lowest BCUT2D eigenvalue weighted by Crippen LogP contribution is -2.14. The third-order valence-corrected chi connectivity index (χ3v) is 4.56. The summed E-state index contributed by atoms with van der Waals surface area (Å²) in [5, 5.41) is 7.79. The molecule has 0 unspecified atom stereocenters. The van der Waals surface area contributed by atoms with Gasteiger partial charge >= 0.3 is 0 Å². The minimum Gasteiger partial charge on any atom is -0.494 e. The molecule has 0 saturated heterocycles. The second kappa shape index (κ2) is 8.98. The highest BCUT2D eigenvalue weighted by atomic mass is 32.2. The molecule has 0 bridgehead atoms. The summed E-state index contributed by atoms with van der Waals surface area (Å²) in [5.74, 6) is 0.347. The van der Waals surface area contributed by atoms with Crippen molar-refractivity contribution in [3.8, 4) is 5.75 Å². The van der Waals surface area contributed by atoms with Crippen molar-refractivity contribution in [3.05, 3.63) is 53.6 Å². The lowest BCUT2D eigenvalue weighted by Gasteiger charge is -2.14. The average molecular weight is 392 g/mol. The van der Waals surface area contributed by atoms with Gasteiger partial charge in [-0.05, 0) is 63.2 Å². The number of carbonyl (C=O) groups is 1. The second-order valence-electron chi connectivity index (χ2n) is 6.14. The van der Waals surface area contributed by atoms with Crippen LogP contribution in [0.4, 0.5) is 5.69 Å². The monoisotopic (exact) mass is 392 g/mol. The quantitative estimate of drug-likeness (QED) is 0.718. The van der Waals surface area contributed by atoms with Crippen LogP contribution in [-0.4, -0.2) is 27.0 Å². The van der Waals surface area contributed by atoms with E-state index in [1.165, 1.54) is 24.3 Å². The fraction of sp³-hybridized carbons (Fsp3) is 0.316. The Morgan fingerprint density at radius 1 is 1.15 bits per heavy atom. The molecule has 0 fully saturated rings. The van der Waals surface area contributed by atoms with E-state index in [-0.39, 0.29) is 16.9 Å². The normalized spacial score (nSPS) is 11.4. The molecule has 2 rings (SSSR count). The maximum Gasteiger partial charge on any atom is 0.255 e. The maximum absolute atomic E-state index is 12.5. The Morgan fingerprint density at radius 2 is 1.81 bits per heavy atom. The van der Waals surface area contributed by atoms with E-state index in [4.69, 9.17) is 14.6 Å². The molecule has 3 N–H and O–H groups in total. The van der Waals surface area contributed by atoms with E-state index in [9.17, 15) is 13.2 Å². The minimum absolute atomic E-state index is 0.0188. The van der Waals surface area contributed by atoms with E-state index < -0.39 is 10.0 Å². The number of sulfonamides is 1. The lowest BCUT2D eigenvalue weighted by molar-refractivity contribution is 0.0641. The first-order valence-electron chi connectivity index (χ1n) is 8.52. The predicted molar refractivity (Wildman–Crippen MR) is 103 cm³/mol. The molecule has 1 amide bonds. The summed E-state index contributed by atoms with van der Waals surface area (Å²) < 4.78 is 33.8. The van der Waals surface area contributed by atoms with Crippen LogP contribution in [0.15, 0.2) is 47.4 Å². The summed E-state index contributed by atoms with van der Waals surface area (Å²) in [6.07, 6.45) is 0.0503. The number of carbonyl (C=O) groups excluding carboxylic acids is 1. The van der Waals surface area contributed by atoms with Crippen LogP contribution in [0.1, 0.15) is 36.7 Å². The van der Waals surface area contributed by atoms with E-state index in [0.29, 0.717) is 30.2 Å². The number of primary sulfonamides is 1. The minimum atomic E-state index is -3.77. The average Bonchev–Trinajstić information content (AvgIpc) is 2.60. The van der Waals surface area contributed by atoms with Gasteiger partial charge in [-0.1, -0.05) is 0 Å². The summed E-state index contributed by atoms with van der Waals surface area (Å²) in [5.41, 5.74) is 1.68. The van der Waals surface area contributed by atoms with E-state index >= 15 is 0 Å². The molecule has 0 aliphatic heterocycles. The van der Waals surface area contributed by atoms with Gasteiger partial charge in [0.1, 0.15) is 5.75 Å². The summed E-state index contributed by atoms with van der Waals surface area (Å²) in [6.45, 7) is 6.59. The Morgan fingerprint density at radius 3 is 2.37 bits per heavy atom. The molecule has 0 saturated carbocycles. The molecule has 0 radical (unpaired) electrons. The van der Waals surface area contributed by atoms with Gasteiger partial charge in [0.15, 0.2) is 0 Å². The van der Waals surface area contributed by atoms with E-state index in [0.717, 1.165) is 5.56 Å². The SMILES string of the molecule is CCOc1ccc(C(=O)Nc2ccc(S(N)(=O)=O)cc2)cc1COC(C)C. The summed E-state index contributed by atoms with van der Waals surface area (Å²) >= 11 is 0. The fourth-order valence-corrected chi connectivity index (χ4v) is 2.83. The van der Waals surface area contributed by atoms with Gasteiger partial charge in [0.05, 0.1) is 24.2 Å². The number of hydrogen-bond donors (Lipinski definition) is 2. The van der Waals surface area contributed by atoms with Crippen LogP contribution in [0.25, 0.3) is 0 Å². The van der Waals surface area contributed by atoms with Gasteiger partial charge in [0, 0.05) is 16.8 Å². The topological polar surface area (TPSA) is 108 Å². The zero-order valence-corrected chi connectivity index (χ0v) is 16.4. The first-order chi connectivity index (χ1) is 12.7. The van der Waals surface area contributed by atoms with Gasteiger partial charge in [-0.15, -0.1) is 0 Å². The number of amides is 1. The molecular formula is C19H24N2O5S. The Labute approximate surface area is 159 Å². The molecular weight excluding hydrogens is 368 g/mol. The van der Waals surface area contributed by atoms with Crippen LogP contribution in [-0.2, 0) is 21.4 Å².